The Bertz CT molecular complexity index is 1150. The molecule has 46 heavy (non-hydrogen) atoms. The summed E-state index contributed by atoms with van der Waals surface area (Å²) < 4.78 is 23.7. The van der Waals surface area contributed by atoms with Crippen LogP contribution in [0.3, 0.4) is 0 Å². The van der Waals surface area contributed by atoms with E-state index < -0.39 is 16.9 Å². The summed E-state index contributed by atoms with van der Waals surface area (Å²) in [5.74, 6) is -1.40. The van der Waals surface area contributed by atoms with E-state index in [0.717, 1.165) is 83.1 Å². The SMILES string of the molecule is CC1(C)OB(C2=CCCCCCCCCCCOC(=O)c3ccc([N+](=O)[O-])cc3C(=O)OCCCCCCCCCC2)OC1(C)C. The van der Waals surface area contributed by atoms with Gasteiger partial charge in [0.2, 0.25) is 0 Å². The molecule has 1 fully saturated rings. The average Bonchev–Trinajstić information content (AvgIpc) is 3.23. The highest BCUT2D eigenvalue weighted by Gasteiger charge is 2.52. The van der Waals surface area contributed by atoms with Gasteiger partial charge in [-0.1, -0.05) is 89.5 Å². The molecule has 0 bridgehead atoms. The zero-order valence-corrected chi connectivity index (χ0v) is 28.7. The van der Waals surface area contributed by atoms with Crippen molar-refractivity contribution < 1.29 is 33.3 Å². The number of carbonyl (C=O) groups is 2. The molecule has 1 aromatic carbocycles. The van der Waals surface area contributed by atoms with Crippen LogP contribution in [0.5, 0.6) is 0 Å². The highest BCUT2D eigenvalue weighted by molar-refractivity contribution is 6.54. The minimum atomic E-state index is -0.738. The van der Waals surface area contributed by atoms with Crippen molar-refractivity contribution in [3.05, 3.63) is 51.0 Å². The number of nitro groups is 1. The van der Waals surface area contributed by atoms with Crippen LogP contribution in [-0.4, -0.2) is 48.4 Å². The molecule has 0 aromatic heterocycles. The van der Waals surface area contributed by atoms with Gasteiger partial charge < -0.3 is 18.8 Å². The minimum Gasteiger partial charge on any atom is -0.462 e. The largest absolute Gasteiger partial charge is 0.490 e. The molecule has 256 valence electrons. The molecule has 0 unspecified atom stereocenters. The number of rotatable bonds is 2. The van der Waals surface area contributed by atoms with Crippen molar-refractivity contribution >= 4 is 24.7 Å². The van der Waals surface area contributed by atoms with Crippen molar-refractivity contribution in [1.29, 1.82) is 0 Å². The van der Waals surface area contributed by atoms with Gasteiger partial charge >= 0.3 is 19.1 Å². The average molecular weight is 642 g/mol. The summed E-state index contributed by atoms with van der Waals surface area (Å²) >= 11 is 0. The Balaban J connectivity index is 1.54. The smallest absolute Gasteiger partial charge is 0.462 e. The number of cyclic esters (lactones) is 2. The summed E-state index contributed by atoms with van der Waals surface area (Å²) in [6.07, 6.45) is 21.5. The van der Waals surface area contributed by atoms with E-state index in [-0.39, 0.29) is 48.3 Å². The van der Waals surface area contributed by atoms with Gasteiger partial charge in [-0.3, -0.25) is 10.1 Å². The maximum absolute atomic E-state index is 12.8. The van der Waals surface area contributed by atoms with Crippen LogP contribution >= 0.6 is 0 Å². The van der Waals surface area contributed by atoms with E-state index >= 15 is 0 Å². The first-order chi connectivity index (χ1) is 22.0. The zero-order chi connectivity index (χ0) is 33.4. The summed E-state index contributed by atoms with van der Waals surface area (Å²) in [6, 6.07) is 3.60. The Hall–Kier alpha value is -2.72. The maximum Gasteiger partial charge on any atom is 0.490 e. The number of benzene rings is 1. The quantitative estimate of drug-likeness (QED) is 0.136. The lowest BCUT2D eigenvalue weighted by Gasteiger charge is -2.32. The second kappa shape index (κ2) is 19.2. The number of nitrogens with zero attached hydrogens (tertiary/aromatic N) is 1. The van der Waals surface area contributed by atoms with E-state index in [1.54, 1.807) is 0 Å². The Labute approximate surface area is 276 Å². The minimum absolute atomic E-state index is 0.00157. The lowest BCUT2D eigenvalue weighted by molar-refractivity contribution is -0.384. The standard InChI is InChI=1S/C36H56BNO8/c1-35(2)36(3,4)46-37(45-35)29-22-18-14-10-6-5-8-12-16-20-26-43-33(39)31-25-24-30(38(41)42)28-32(31)34(40)44-27-21-17-13-9-7-11-15-19-23-29/h22,24-25,28H,5-21,23,26-27H2,1-4H3. The van der Waals surface area contributed by atoms with E-state index in [9.17, 15) is 19.7 Å². The molecule has 0 atom stereocenters. The Morgan fingerprint density at radius 3 is 1.63 bits per heavy atom. The van der Waals surface area contributed by atoms with Gasteiger partial charge in [0, 0.05) is 12.1 Å². The topological polar surface area (TPSA) is 114 Å². The first-order valence-corrected chi connectivity index (χ1v) is 17.7. The molecule has 2 heterocycles. The number of hydrogen-bond acceptors (Lipinski definition) is 8. The zero-order valence-electron chi connectivity index (χ0n) is 28.7. The van der Waals surface area contributed by atoms with Crippen LogP contribution in [0, 0.1) is 10.1 Å². The summed E-state index contributed by atoms with van der Waals surface area (Å²) in [5.41, 5.74) is 0.234. The Morgan fingerprint density at radius 1 is 0.652 bits per heavy atom. The number of nitro benzene ring substituents is 1. The van der Waals surface area contributed by atoms with Gasteiger partial charge in [0.1, 0.15) is 0 Å². The monoisotopic (exact) mass is 641 g/mol. The molecule has 0 amide bonds. The number of fused-ring (bicyclic) bond motifs is 1. The molecule has 3 rings (SSSR count). The number of carbonyl (C=O) groups excluding carboxylic acids is 2. The highest BCUT2D eigenvalue weighted by atomic mass is 16.7. The van der Waals surface area contributed by atoms with Crippen molar-refractivity contribution in [2.45, 2.75) is 154 Å². The fourth-order valence-electron chi connectivity index (χ4n) is 5.87. The first-order valence-electron chi connectivity index (χ1n) is 17.7. The molecule has 1 aromatic rings. The molecule has 2 aliphatic heterocycles. The van der Waals surface area contributed by atoms with Crippen LogP contribution < -0.4 is 0 Å². The normalized spacial score (nSPS) is 22.3. The molecule has 0 radical (unpaired) electrons. The third-order valence-electron chi connectivity index (χ3n) is 9.54. The summed E-state index contributed by atoms with van der Waals surface area (Å²) in [5, 5.41) is 11.3. The maximum atomic E-state index is 12.8. The predicted octanol–water partition coefficient (Wildman–Crippen LogP) is 9.50. The van der Waals surface area contributed by atoms with Crippen LogP contribution in [0.1, 0.15) is 164 Å². The second-order valence-electron chi connectivity index (χ2n) is 13.8. The fourth-order valence-corrected chi connectivity index (χ4v) is 5.87. The van der Waals surface area contributed by atoms with Crippen molar-refractivity contribution in [2.75, 3.05) is 13.2 Å². The van der Waals surface area contributed by atoms with Gasteiger partial charge in [0.05, 0.1) is 40.5 Å². The van der Waals surface area contributed by atoms with E-state index in [1.165, 1.54) is 49.7 Å². The van der Waals surface area contributed by atoms with Crippen molar-refractivity contribution in [3.63, 3.8) is 0 Å². The van der Waals surface area contributed by atoms with Gasteiger partial charge in [0.15, 0.2) is 0 Å². The molecule has 0 saturated carbocycles. The summed E-state index contributed by atoms with van der Waals surface area (Å²) in [4.78, 5) is 36.3. The molecular weight excluding hydrogens is 585 g/mol. The molecule has 10 heteroatoms. The summed E-state index contributed by atoms with van der Waals surface area (Å²) in [7, 11) is -0.262. The fraction of sp³-hybridized carbons (Fsp3) is 0.722. The van der Waals surface area contributed by atoms with Gasteiger partial charge in [0.25, 0.3) is 5.69 Å². The number of ether oxygens (including phenoxy) is 2. The van der Waals surface area contributed by atoms with Crippen LogP contribution in [-0.2, 0) is 18.8 Å². The molecule has 1 saturated heterocycles. The number of esters is 2. The third-order valence-corrected chi connectivity index (χ3v) is 9.54. The Morgan fingerprint density at radius 2 is 1.11 bits per heavy atom. The predicted molar refractivity (Wildman–Crippen MR) is 181 cm³/mol. The third kappa shape index (κ3) is 12.1. The van der Waals surface area contributed by atoms with Gasteiger partial charge in [-0.15, -0.1) is 0 Å². The van der Waals surface area contributed by atoms with Crippen LogP contribution in [0.4, 0.5) is 5.69 Å². The molecule has 0 spiro atoms. The van der Waals surface area contributed by atoms with E-state index in [2.05, 4.69) is 33.8 Å². The molecule has 9 nitrogen and oxygen atoms in total. The van der Waals surface area contributed by atoms with E-state index in [4.69, 9.17) is 18.8 Å². The van der Waals surface area contributed by atoms with E-state index in [1.807, 2.05) is 0 Å². The van der Waals surface area contributed by atoms with Gasteiger partial charge in [-0.25, -0.2) is 9.59 Å². The van der Waals surface area contributed by atoms with Crippen LogP contribution in [0.2, 0.25) is 0 Å². The number of allylic oxidation sites excluding steroid dienone is 2. The highest BCUT2D eigenvalue weighted by Crippen LogP contribution is 2.39. The second-order valence-corrected chi connectivity index (χ2v) is 13.8. The first kappa shape index (κ1) is 37.7. The number of non-ortho nitro benzene ring substituents is 1. The van der Waals surface area contributed by atoms with E-state index in [0.29, 0.717) is 6.42 Å². The van der Waals surface area contributed by atoms with Gasteiger partial charge in [-0.05, 0) is 71.3 Å². The van der Waals surface area contributed by atoms with Crippen LogP contribution in [0.15, 0.2) is 29.7 Å². The Kier molecular flexibility index (Phi) is 15.7. The molecule has 0 N–H and O–H groups in total. The molecular formula is C36H56BNO8. The lowest BCUT2D eigenvalue weighted by Crippen LogP contribution is -2.41. The van der Waals surface area contributed by atoms with Crippen molar-refractivity contribution in [1.82, 2.24) is 0 Å². The molecule has 0 aliphatic carbocycles. The van der Waals surface area contributed by atoms with Crippen molar-refractivity contribution in [3.8, 4) is 0 Å². The molecule has 2 aliphatic rings. The van der Waals surface area contributed by atoms with Crippen LogP contribution in [0.25, 0.3) is 0 Å². The van der Waals surface area contributed by atoms with Crippen molar-refractivity contribution in [2.24, 2.45) is 0 Å². The van der Waals surface area contributed by atoms with Gasteiger partial charge in [-0.2, -0.15) is 0 Å². The summed E-state index contributed by atoms with van der Waals surface area (Å²) in [6.45, 7) is 8.89. The number of hydrogen-bond donors (Lipinski definition) is 0. The lowest BCUT2D eigenvalue weighted by atomic mass is 9.74.